The Morgan fingerprint density at radius 2 is 1.92 bits per heavy atom. The van der Waals surface area contributed by atoms with E-state index in [1.165, 1.54) is 25.3 Å². The maximum atomic E-state index is 12.1. The number of non-ortho nitro benzene ring substituents is 1. The Morgan fingerprint density at radius 1 is 1.21 bits per heavy atom. The summed E-state index contributed by atoms with van der Waals surface area (Å²) in [5.41, 5.74) is 1.10. The molecule has 0 aromatic heterocycles. The highest BCUT2D eigenvalue weighted by atomic mass is 35.5. The van der Waals surface area contributed by atoms with Crippen LogP contribution in [0, 0.1) is 10.1 Å². The van der Waals surface area contributed by atoms with Gasteiger partial charge in [0.15, 0.2) is 11.5 Å². The van der Waals surface area contributed by atoms with E-state index in [9.17, 15) is 14.9 Å². The van der Waals surface area contributed by atoms with E-state index in [2.05, 4.69) is 0 Å². The number of carbonyl (C=O) groups is 1. The van der Waals surface area contributed by atoms with Gasteiger partial charge in [-0.1, -0.05) is 29.8 Å². The predicted molar refractivity (Wildman–Crippen MR) is 90.4 cm³/mol. The van der Waals surface area contributed by atoms with Crippen LogP contribution in [-0.4, -0.2) is 18.0 Å². The molecule has 124 valence electrons. The summed E-state index contributed by atoms with van der Waals surface area (Å²) in [6.45, 7) is 1.72. The summed E-state index contributed by atoms with van der Waals surface area (Å²) in [6, 6.07) is 10.8. The number of hydrogen-bond donors (Lipinski definition) is 0. The molecule has 0 aliphatic rings. The van der Waals surface area contributed by atoms with Crippen LogP contribution in [0.2, 0.25) is 5.02 Å². The fourth-order valence-corrected chi connectivity index (χ4v) is 2.32. The highest BCUT2D eigenvalue weighted by Crippen LogP contribution is 2.31. The van der Waals surface area contributed by atoms with Gasteiger partial charge in [0.05, 0.1) is 18.1 Å². The zero-order chi connectivity index (χ0) is 17.7. The van der Waals surface area contributed by atoms with E-state index < -0.39 is 10.9 Å². The number of esters is 1. The summed E-state index contributed by atoms with van der Waals surface area (Å²) in [4.78, 5) is 22.3. The first-order valence-corrected chi connectivity index (χ1v) is 7.27. The van der Waals surface area contributed by atoms with E-state index >= 15 is 0 Å². The lowest BCUT2D eigenvalue weighted by Crippen LogP contribution is -2.06. The summed E-state index contributed by atoms with van der Waals surface area (Å²) in [5, 5.41) is 11.3. The van der Waals surface area contributed by atoms with Crippen molar-refractivity contribution in [3.8, 4) is 11.5 Å². The normalized spacial score (nSPS) is 11.0. The van der Waals surface area contributed by atoms with E-state index in [1.54, 1.807) is 31.2 Å². The fraction of sp³-hybridized carbons (Fsp3) is 0.118. The summed E-state index contributed by atoms with van der Waals surface area (Å²) in [5.74, 6) is -0.496. The van der Waals surface area contributed by atoms with Gasteiger partial charge in [-0.15, -0.1) is 0 Å². The SMILES string of the molecule is COc1ccc([N+](=O)[O-])cc1OC(=O)C=C(C)c1ccccc1Cl. The molecule has 2 rings (SSSR count). The number of nitro benzene ring substituents is 1. The van der Waals surface area contributed by atoms with Crippen molar-refractivity contribution in [2.24, 2.45) is 0 Å². The molecule has 0 radical (unpaired) electrons. The maximum Gasteiger partial charge on any atom is 0.336 e. The molecule has 0 saturated heterocycles. The minimum atomic E-state index is -0.689. The Bertz CT molecular complexity index is 816. The van der Waals surface area contributed by atoms with Gasteiger partial charge in [-0.05, 0) is 30.2 Å². The molecule has 0 atom stereocenters. The third-order valence-electron chi connectivity index (χ3n) is 3.20. The summed E-state index contributed by atoms with van der Waals surface area (Å²) in [6.07, 6.45) is 1.26. The average molecular weight is 348 g/mol. The second-order valence-electron chi connectivity index (χ2n) is 4.82. The van der Waals surface area contributed by atoms with Gasteiger partial charge in [-0.3, -0.25) is 10.1 Å². The van der Waals surface area contributed by atoms with Gasteiger partial charge in [-0.25, -0.2) is 4.79 Å². The second kappa shape index (κ2) is 7.61. The van der Waals surface area contributed by atoms with Crippen LogP contribution in [0.15, 0.2) is 48.5 Å². The first-order chi connectivity index (χ1) is 11.4. The van der Waals surface area contributed by atoms with E-state index in [0.29, 0.717) is 16.2 Å². The molecule has 2 aromatic carbocycles. The lowest BCUT2D eigenvalue weighted by Gasteiger charge is -2.08. The molecule has 0 N–H and O–H groups in total. The van der Waals surface area contributed by atoms with Crippen LogP contribution in [0.1, 0.15) is 12.5 Å². The molecule has 0 amide bonds. The van der Waals surface area contributed by atoms with Crippen molar-refractivity contribution in [2.45, 2.75) is 6.92 Å². The number of nitro groups is 1. The predicted octanol–water partition coefficient (Wildman–Crippen LogP) is 4.27. The Kier molecular flexibility index (Phi) is 5.55. The van der Waals surface area contributed by atoms with Gasteiger partial charge in [0.2, 0.25) is 0 Å². The van der Waals surface area contributed by atoms with Crippen LogP contribution in [0.5, 0.6) is 11.5 Å². The fourth-order valence-electron chi connectivity index (χ4n) is 2.03. The molecule has 0 unspecified atom stereocenters. The molecular weight excluding hydrogens is 334 g/mol. The van der Waals surface area contributed by atoms with Crippen LogP contribution < -0.4 is 9.47 Å². The molecule has 0 bridgehead atoms. The van der Waals surface area contributed by atoms with E-state index in [4.69, 9.17) is 21.1 Å². The molecule has 6 nitrogen and oxygen atoms in total. The summed E-state index contributed by atoms with van der Waals surface area (Å²) >= 11 is 6.08. The molecule has 2 aromatic rings. The van der Waals surface area contributed by atoms with Crippen molar-refractivity contribution in [3.63, 3.8) is 0 Å². The van der Waals surface area contributed by atoms with Crippen LogP contribution in [0.25, 0.3) is 5.57 Å². The van der Waals surface area contributed by atoms with Crippen LogP contribution in [-0.2, 0) is 4.79 Å². The zero-order valence-corrected chi connectivity index (χ0v) is 13.7. The molecule has 0 aliphatic heterocycles. The molecule has 0 heterocycles. The lowest BCUT2D eigenvalue weighted by atomic mass is 10.1. The van der Waals surface area contributed by atoms with Crippen LogP contribution in [0.3, 0.4) is 0 Å². The van der Waals surface area contributed by atoms with E-state index in [1.807, 2.05) is 0 Å². The third kappa shape index (κ3) is 4.11. The van der Waals surface area contributed by atoms with Gasteiger partial charge in [0.25, 0.3) is 5.69 Å². The molecular formula is C17H14ClNO5. The zero-order valence-electron chi connectivity index (χ0n) is 13.0. The van der Waals surface area contributed by atoms with Crippen molar-refractivity contribution in [3.05, 3.63) is 69.2 Å². The van der Waals surface area contributed by atoms with Crippen LogP contribution >= 0.6 is 11.6 Å². The van der Waals surface area contributed by atoms with Gasteiger partial charge in [-0.2, -0.15) is 0 Å². The largest absolute Gasteiger partial charge is 0.493 e. The topological polar surface area (TPSA) is 78.7 Å². The second-order valence-corrected chi connectivity index (χ2v) is 5.23. The smallest absolute Gasteiger partial charge is 0.336 e. The first-order valence-electron chi connectivity index (χ1n) is 6.90. The minimum absolute atomic E-state index is 0.0279. The third-order valence-corrected chi connectivity index (χ3v) is 3.53. The molecule has 0 fully saturated rings. The number of halogens is 1. The van der Waals surface area contributed by atoms with Gasteiger partial charge < -0.3 is 9.47 Å². The Labute approximate surface area is 143 Å². The van der Waals surface area contributed by atoms with E-state index in [-0.39, 0.29) is 17.2 Å². The Hall–Kier alpha value is -2.86. The number of benzene rings is 2. The molecule has 0 saturated carbocycles. The van der Waals surface area contributed by atoms with Crippen LogP contribution in [0.4, 0.5) is 5.69 Å². The highest BCUT2D eigenvalue weighted by molar-refractivity contribution is 6.32. The Morgan fingerprint density at radius 3 is 2.54 bits per heavy atom. The van der Waals surface area contributed by atoms with Crippen molar-refractivity contribution in [2.75, 3.05) is 7.11 Å². The van der Waals surface area contributed by atoms with Gasteiger partial charge in [0.1, 0.15) is 0 Å². The van der Waals surface area contributed by atoms with Crippen molar-refractivity contribution in [1.82, 2.24) is 0 Å². The summed E-state index contributed by atoms with van der Waals surface area (Å²) in [7, 11) is 1.38. The van der Waals surface area contributed by atoms with Crippen molar-refractivity contribution >= 4 is 28.8 Å². The monoisotopic (exact) mass is 347 g/mol. The molecule has 24 heavy (non-hydrogen) atoms. The van der Waals surface area contributed by atoms with Gasteiger partial charge >= 0.3 is 5.97 Å². The van der Waals surface area contributed by atoms with E-state index in [0.717, 1.165) is 6.07 Å². The lowest BCUT2D eigenvalue weighted by molar-refractivity contribution is -0.384. The standard InChI is InChI=1S/C17H14ClNO5/c1-11(13-5-3-4-6-14(13)18)9-17(20)24-16-10-12(19(21)22)7-8-15(16)23-2/h3-10H,1-2H3. The maximum absolute atomic E-state index is 12.1. The number of rotatable bonds is 5. The van der Waals surface area contributed by atoms with Crippen molar-refractivity contribution < 1.29 is 19.2 Å². The molecule has 7 heteroatoms. The molecule has 0 aliphatic carbocycles. The number of methoxy groups -OCH3 is 1. The number of ether oxygens (including phenoxy) is 2. The first kappa shape index (κ1) is 17.5. The highest BCUT2D eigenvalue weighted by Gasteiger charge is 2.15. The Balaban J connectivity index is 2.26. The van der Waals surface area contributed by atoms with Crippen molar-refractivity contribution in [1.29, 1.82) is 0 Å². The average Bonchev–Trinajstić information content (AvgIpc) is 2.54. The quantitative estimate of drug-likeness (QED) is 0.265. The number of carbonyl (C=O) groups excluding carboxylic acids is 1. The number of hydrogen-bond acceptors (Lipinski definition) is 5. The number of nitrogens with zero attached hydrogens (tertiary/aromatic N) is 1. The number of allylic oxidation sites excluding steroid dienone is 1. The van der Waals surface area contributed by atoms with Gasteiger partial charge in [0, 0.05) is 17.2 Å². The summed E-state index contributed by atoms with van der Waals surface area (Å²) < 4.78 is 10.2. The molecule has 0 spiro atoms. The minimum Gasteiger partial charge on any atom is -0.493 e.